The summed E-state index contributed by atoms with van der Waals surface area (Å²) in [7, 11) is 0. The summed E-state index contributed by atoms with van der Waals surface area (Å²) in [6.45, 7) is 6.77. The second-order valence-electron chi connectivity index (χ2n) is 7.22. The van der Waals surface area contributed by atoms with Crippen molar-refractivity contribution < 1.29 is 8.78 Å². The maximum absolute atomic E-state index is 13.9. The van der Waals surface area contributed by atoms with Crippen LogP contribution in [0.25, 0.3) is 0 Å². The lowest BCUT2D eigenvalue weighted by molar-refractivity contribution is 0.195. The largest absolute Gasteiger partial charge is 0.298 e. The quantitative estimate of drug-likeness (QED) is 0.886. The molecule has 5 heteroatoms. The molecule has 3 nitrogen and oxygen atoms in total. The molecule has 1 saturated heterocycles. The number of nitrogens with zero attached hydrogens (tertiary/aromatic N) is 2. The molecule has 1 aromatic heterocycles. The fourth-order valence-corrected chi connectivity index (χ4v) is 3.60. The molecule has 0 bridgehead atoms. The number of rotatable bonds is 5. The van der Waals surface area contributed by atoms with E-state index < -0.39 is 11.6 Å². The Hall–Kier alpha value is -1.75. The number of piperidine rings is 1. The summed E-state index contributed by atoms with van der Waals surface area (Å²) in [5.74, 6) is 0.00980. The molecule has 1 aliphatic rings. The molecule has 2 heterocycles. The molecule has 0 spiro atoms. The van der Waals surface area contributed by atoms with E-state index in [1.54, 1.807) is 6.07 Å². The SMILES string of the molecule is CC(C)Cc1cn[nH]c1[C@H]1CCCN(Cc2ccc(F)cc2F)C1. The molecule has 1 aliphatic heterocycles. The number of H-pyrrole nitrogens is 1. The van der Waals surface area contributed by atoms with Crippen LogP contribution in [0, 0.1) is 17.6 Å². The minimum absolute atomic E-state index is 0.401. The lowest BCUT2D eigenvalue weighted by Crippen LogP contribution is -2.34. The zero-order valence-electron chi connectivity index (χ0n) is 14.4. The van der Waals surface area contributed by atoms with E-state index in [-0.39, 0.29) is 0 Å². The van der Waals surface area contributed by atoms with E-state index >= 15 is 0 Å². The molecule has 1 N–H and O–H groups in total. The first-order chi connectivity index (χ1) is 11.5. The number of aromatic nitrogens is 2. The summed E-state index contributed by atoms with van der Waals surface area (Å²) >= 11 is 0. The van der Waals surface area contributed by atoms with Crippen molar-refractivity contribution in [3.05, 3.63) is 52.9 Å². The smallest absolute Gasteiger partial charge is 0.130 e. The van der Waals surface area contributed by atoms with Crippen molar-refractivity contribution in [1.29, 1.82) is 0 Å². The summed E-state index contributed by atoms with van der Waals surface area (Å²) in [5, 5.41) is 7.42. The van der Waals surface area contributed by atoms with Gasteiger partial charge in [0.25, 0.3) is 0 Å². The van der Waals surface area contributed by atoms with Crippen LogP contribution in [0.3, 0.4) is 0 Å². The summed E-state index contributed by atoms with van der Waals surface area (Å²) in [6, 6.07) is 3.84. The van der Waals surface area contributed by atoms with Gasteiger partial charge in [-0.1, -0.05) is 19.9 Å². The monoisotopic (exact) mass is 333 g/mol. The number of halogens is 2. The minimum atomic E-state index is -0.524. The first kappa shape index (κ1) is 17.1. The first-order valence-corrected chi connectivity index (χ1v) is 8.71. The van der Waals surface area contributed by atoms with Crippen LogP contribution >= 0.6 is 0 Å². The van der Waals surface area contributed by atoms with Crippen molar-refractivity contribution in [3.8, 4) is 0 Å². The molecule has 1 fully saturated rings. The van der Waals surface area contributed by atoms with Gasteiger partial charge < -0.3 is 0 Å². The van der Waals surface area contributed by atoms with Crippen molar-refractivity contribution in [2.45, 2.75) is 45.6 Å². The van der Waals surface area contributed by atoms with Crippen molar-refractivity contribution in [3.63, 3.8) is 0 Å². The Labute approximate surface area is 142 Å². The average molecular weight is 333 g/mol. The zero-order chi connectivity index (χ0) is 17.1. The van der Waals surface area contributed by atoms with Gasteiger partial charge in [-0.05, 0) is 43.4 Å². The number of nitrogens with one attached hydrogen (secondary N) is 1. The number of hydrogen-bond donors (Lipinski definition) is 1. The number of likely N-dealkylation sites (tertiary alicyclic amines) is 1. The van der Waals surface area contributed by atoms with Crippen molar-refractivity contribution in [1.82, 2.24) is 15.1 Å². The van der Waals surface area contributed by atoms with Crippen molar-refractivity contribution in [2.75, 3.05) is 13.1 Å². The molecule has 0 saturated carbocycles. The van der Waals surface area contributed by atoms with Crippen molar-refractivity contribution >= 4 is 0 Å². The second-order valence-corrected chi connectivity index (χ2v) is 7.22. The molecule has 0 unspecified atom stereocenters. The highest BCUT2D eigenvalue weighted by Gasteiger charge is 2.25. The van der Waals surface area contributed by atoms with Crippen LogP contribution in [0.5, 0.6) is 0 Å². The van der Waals surface area contributed by atoms with Gasteiger partial charge >= 0.3 is 0 Å². The number of hydrogen-bond acceptors (Lipinski definition) is 2. The van der Waals surface area contributed by atoms with Gasteiger partial charge in [0.15, 0.2) is 0 Å². The highest BCUT2D eigenvalue weighted by molar-refractivity contribution is 5.23. The van der Waals surface area contributed by atoms with Gasteiger partial charge in [0.1, 0.15) is 11.6 Å². The van der Waals surface area contributed by atoms with Crippen LogP contribution in [0.1, 0.15) is 49.4 Å². The normalized spacial score (nSPS) is 19.1. The Morgan fingerprint density at radius 3 is 2.88 bits per heavy atom. The van der Waals surface area contributed by atoms with E-state index in [0.717, 1.165) is 38.4 Å². The van der Waals surface area contributed by atoms with Gasteiger partial charge in [0, 0.05) is 36.3 Å². The average Bonchev–Trinajstić information content (AvgIpc) is 2.98. The van der Waals surface area contributed by atoms with E-state index in [4.69, 9.17) is 0 Å². The summed E-state index contributed by atoms with van der Waals surface area (Å²) in [6.07, 6.45) is 5.16. The van der Waals surface area contributed by atoms with E-state index in [1.165, 1.54) is 17.3 Å². The minimum Gasteiger partial charge on any atom is -0.298 e. The molecular weight excluding hydrogens is 308 g/mol. The standard InChI is InChI=1S/C19H25F2N3/c1-13(2)8-16-10-22-23-19(16)15-4-3-7-24(12-15)11-14-5-6-17(20)9-18(14)21/h5-6,9-10,13,15H,3-4,7-8,11-12H2,1-2H3,(H,22,23)/t15-/m0/s1. The van der Waals surface area contributed by atoms with Crippen LogP contribution < -0.4 is 0 Å². The number of aromatic amines is 1. The van der Waals surface area contributed by atoms with E-state index in [0.29, 0.717) is 23.9 Å². The van der Waals surface area contributed by atoms with Gasteiger partial charge in [-0.2, -0.15) is 5.10 Å². The van der Waals surface area contributed by atoms with Gasteiger partial charge in [0.2, 0.25) is 0 Å². The third-order valence-electron chi connectivity index (χ3n) is 4.70. The Bertz CT molecular complexity index is 681. The maximum Gasteiger partial charge on any atom is 0.130 e. The summed E-state index contributed by atoms with van der Waals surface area (Å²) in [4.78, 5) is 2.25. The fourth-order valence-electron chi connectivity index (χ4n) is 3.60. The fraction of sp³-hybridized carbons (Fsp3) is 0.526. The molecule has 1 aromatic carbocycles. The van der Waals surface area contributed by atoms with E-state index in [2.05, 4.69) is 28.9 Å². The highest BCUT2D eigenvalue weighted by atomic mass is 19.1. The van der Waals surface area contributed by atoms with Gasteiger partial charge in [-0.3, -0.25) is 10.00 Å². The Morgan fingerprint density at radius 2 is 2.12 bits per heavy atom. The molecule has 0 amide bonds. The molecule has 2 aromatic rings. The van der Waals surface area contributed by atoms with Gasteiger partial charge in [0.05, 0.1) is 6.20 Å². The number of benzene rings is 1. The second kappa shape index (κ2) is 7.43. The van der Waals surface area contributed by atoms with Crippen LogP contribution in [-0.2, 0) is 13.0 Å². The highest BCUT2D eigenvalue weighted by Crippen LogP contribution is 2.29. The molecule has 0 radical (unpaired) electrons. The van der Waals surface area contributed by atoms with Gasteiger partial charge in [-0.25, -0.2) is 8.78 Å². The third kappa shape index (κ3) is 4.01. The van der Waals surface area contributed by atoms with Crippen LogP contribution in [-0.4, -0.2) is 28.2 Å². The molecule has 0 aliphatic carbocycles. The first-order valence-electron chi connectivity index (χ1n) is 8.71. The zero-order valence-corrected chi connectivity index (χ0v) is 14.4. The molecule has 3 rings (SSSR count). The lowest BCUT2D eigenvalue weighted by atomic mass is 9.90. The predicted molar refractivity (Wildman–Crippen MR) is 90.7 cm³/mol. The molecular formula is C19H25F2N3. The van der Waals surface area contributed by atoms with Crippen LogP contribution in [0.15, 0.2) is 24.4 Å². The van der Waals surface area contributed by atoms with E-state index in [9.17, 15) is 8.78 Å². The van der Waals surface area contributed by atoms with Crippen LogP contribution in [0.2, 0.25) is 0 Å². The Kier molecular flexibility index (Phi) is 5.29. The predicted octanol–water partition coefficient (Wildman–Crippen LogP) is 4.27. The van der Waals surface area contributed by atoms with E-state index in [1.807, 2.05) is 6.20 Å². The van der Waals surface area contributed by atoms with Gasteiger partial charge in [-0.15, -0.1) is 0 Å². The Balaban J connectivity index is 1.69. The summed E-state index contributed by atoms with van der Waals surface area (Å²) < 4.78 is 27.0. The van der Waals surface area contributed by atoms with Crippen LogP contribution in [0.4, 0.5) is 8.78 Å². The lowest BCUT2D eigenvalue weighted by Gasteiger charge is -2.33. The molecule has 24 heavy (non-hydrogen) atoms. The molecule has 130 valence electrons. The van der Waals surface area contributed by atoms with Crippen molar-refractivity contribution in [2.24, 2.45) is 5.92 Å². The topological polar surface area (TPSA) is 31.9 Å². The third-order valence-corrected chi connectivity index (χ3v) is 4.70. The maximum atomic E-state index is 13.9. The summed E-state index contributed by atoms with van der Waals surface area (Å²) in [5.41, 5.74) is 3.09. The Morgan fingerprint density at radius 1 is 1.29 bits per heavy atom. The molecule has 1 atom stereocenters.